The van der Waals surface area contributed by atoms with Gasteiger partial charge in [-0.15, -0.1) is 0 Å². The van der Waals surface area contributed by atoms with E-state index in [1.807, 2.05) is 0 Å². The number of nitrogens with zero attached hydrogens (tertiary/aromatic N) is 2. The highest BCUT2D eigenvalue weighted by atomic mass is 32.2. The molecule has 2 aromatic rings. The minimum Gasteiger partial charge on any atom is -0.356 e. The van der Waals surface area contributed by atoms with Crippen LogP contribution >= 0.6 is 0 Å². The van der Waals surface area contributed by atoms with Crippen molar-refractivity contribution < 1.29 is 8.42 Å². The molecule has 0 fully saturated rings. The van der Waals surface area contributed by atoms with Gasteiger partial charge >= 0.3 is 10.2 Å². The fourth-order valence-electron chi connectivity index (χ4n) is 1.66. The maximum absolute atomic E-state index is 11.7. The van der Waals surface area contributed by atoms with E-state index in [-0.39, 0.29) is 0 Å². The Hall–Kier alpha value is -2.56. The van der Waals surface area contributed by atoms with Gasteiger partial charge in [-0.05, 0) is 48.5 Å². The molecule has 0 atom stereocenters. The second-order valence-electron chi connectivity index (χ2n) is 4.78. The van der Waals surface area contributed by atoms with E-state index in [9.17, 15) is 8.42 Å². The monoisotopic (exact) mass is 316 g/mol. The van der Waals surface area contributed by atoms with E-state index in [4.69, 9.17) is 5.26 Å². The van der Waals surface area contributed by atoms with Crippen LogP contribution < -0.4 is 10.0 Å². The summed E-state index contributed by atoms with van der Waals surface area (Å²) in [5.74, 6) is 0. The highest BCUT2D eigenvalue weighted by Gasteiger charge is 2.12. The lowest BCUT2D eigenvalue weighted by Gasteiger charge is -2.14. The molecule has 0 saturated heterocycles. The molecule has 0 saturated carbocycles. The minimum absolute atomic E-state index is 0.485. The summed E-state index contributed by atoms with van der Waals surface area (Å²) in [7, 11) is -0.575. The summed E-state index contributed by atoms with van der Waals surface area (Å²) in [6, 6.07) is 16.0. The largest absolute Gasteiger partial charge is 0.356 e. The summed E-state index contributed by atoms with van der Waals surface area (Å²) in [6.07, 6.45) is 0. The molecular formula is C15H16N4O2S. The Morgan fingerprint density at radius 2 is 1.36 bits per heavy atom. The van der Waals surface area contributed by atoms with Gasteiger partial charge in [0, 0.05) is 31.2 Å². The van der Waals surface area contributed by atoms with E-state index in [2.05, 4.69) is 16.1 Å². The van der Waals surface area contributed by atoms with E-state index >= 15 is 0 Å². The second-order valence-corrected chi connectivity index (χ2v) is 6.67. The van der Waals surface area contributed by atoms with Crippen molar-refractivity contribution in [2.45, 2.75) is 0 Å². The minimum atomic E-state index is -3.50. The van der Waals surface area contributed by atoms with Crippen LogP contribution in [0.3, 0.4) is 0 Å². The summed E-state index contributed by atoms with van der Waals surface area (Å²) >= 11 is 0. The van der Waals surface area contributed by atoms with Crippen molar-refractivity contribution in [1.29, 1.82) is 5.26 Å². The maximum atomic E-state index is 11.7. The molecule has 0 unspecified atom stereocenters. The number of nitriles is 1. The third-order valence-corrected chi connectivity index (χ3v) is 4.37. The standard InChI is InChI=1S/C15H16N4O2S/c1-19(2)22(20,21)18-15-9-7-14(8-10-15)17-13-5-3-12(11-16)4-6-13/h3-10,17-18H,1-2H3. The van der Waals surface area contributed by atoms with E-state index in [1.165, 1.54) is 14.1 Å². The van der Waals surface area contributed by atoms with Crippen LogP contribution in [0.1, 0.15) is 5.56 Å². The van der Waals surface area contributed by atoms with Crippen molar-refractivity contribution in [1.82, 2.24) is 4.31 Å². The van der Waals surface area contributed by atoms with Crippen LogP contribution in [-0.2, 0) is 10.2 Å². The van der Waals surface area contributed by atoms with Crippen molar-refractivity contribution >= 4 is 27.3 Å². The average Bonchev–Trinajstić information content (AvgIpc) is 2.49. The van der Waals surface area contributed by atoms with Crippen LogP contribution in [0.25, 0.3) is 0 Å². The van der Waals surface area contributed by atoms with Crippen LogP contribution in [0.5, 0.6) is 0 Å². The zero-order valence-electron chi connectivity index (χ0n) is 12.2. The lowest BCUT2D eigenvalue weighted by molar-refractivity contribution is 0.527. The molecule has 7 heteroatoms. The number of hydrogen-bond acceptors (Lipinski definition) is 4. The van der Waals surface area contributed by atoms with Gasteiger partial charge in [0.25, 0.3) is 0 Å². The normalized spacial score (nSPS) is 11.0. The van der Waals surface area contributed by atoms with E-state index in [1.54, 1.807) is 48.5 Å². The smallest absolute Gasteiger partial charge is 0.301 e. The van der Waals surface area contributed by atoms with Gasteiger partial charge in [0.1, 0.15) is 0 Å². The molecule has 0 heterocycles. The molecule has 2 N–H and O–H groups in total. The first-order valence-electron chi connectivity index (χ1n) is 6.48. The molecular weight excluding hydrogens is 300 g/mol. The molecule has 114 valence electrons. The Morgan fingerprint density at radius 3 is 1.82 bits per heavy atom. The first kappa shape index (κ1) is 15.8. The molecule has 2 rings (SSSR count). The average molecular weight is 316 g/mol. The molecule has 2 aromatic carbocycles. The van der Waals surface area contributed by atoms with Crippen LogP contribution in [0.15, 0.2) is 48.5 Å². The second kappa shape index (κ2) is 6.47. The first-order valence-corrected chi connectivity index (χ1v) is 7.92. The van der Waals surface area contributed by atoms with Crippen molar-refractivity contribution in [3.05, 3.63) is 54.1 Å². The molecule has 0 spiro atoms. The SMILES string of the molecule is CN(C)S(=O)(=O)Nc1ccc(Nc2ccc(C#N)cc2)cc1. The molecule has 0 aliphatic carbocycles. The van der Waals surface area contributed by atoms with Crippen LogP contribution in [0.4, 0.5) is 17.1 Å². The summed E-state index contributed by atoms with van der Waals surface area (Å²) in [4.78, 5) is 0. The Kier molecular flexibility index (Phi) is 4.65. The predicted octanol–water partition coefficient (Wildman–Crippen LogP) is 2.52. The highest BCUT2D eigenvalue weighted by molar-refractivity contribution is 7.90. The van der Waals surface area contributed by atoms with Crippen LogP contribution in [0.2, 0.25) is 0 Å². The van der Waals surface area contributed by atoms with E-state index < -0.39 is 10.2 Å². The predicted molar refractivity (Wildman–Crippen MR) is 87.1 cm³/mol. The Labute approximate surface area is 130 Å². The molecule has 0 radical (unpaired) electrons. The van der Waals surface area contributed by atoms with Crippen LogP contribution in [0, 0.1) is 11.3 Å². The topological polar surface area (TPSA) is 85.2 Å². The molecule has 0 bridgehead atoms. The molecule has 0 aliphatic rings. The Balaban J connectivity index is 2.07. The van der Waals surface area contributed by atoms with Crippen molar-refractivity contribution in [3.63, 3.8) is 0 Å². The zero-order valence-corrected chi connectivity index (χ0v) is 13.1. The molecule has 0 aliphatic heterocycles. The maximum Gasteiger partial charge on any atom is 0.301 e. The number of hydrogen-bond donors (Lipinski definition) is 2. The summed E-state index contributed by atoms with van der Waals surface area (Å²) < 4.78 is 27.0. The van der Waals surface area contributed by atoms with Gasteiger partial charge in [0.05, 0.1) is 11.6 Å². The van der Waals surface area contributed by atoms with Gasteiger partial charge < -0.3 is 5.32 Å². The summed E-state index contributed by atoms with van der Waals surface area (Å²) in [5, 5.41) is 11.9. The summed E-state index contributed by atoms with van der Waals surface area (Å²) in [5.41, 5.74) is 2.75. The molecule has 0 aromatic heterocycles. The first-order chi connectivity index (χ1) is 10.4. The molecule has 6 nitrogen and oxygen atoms in total. The van der Waals surface area contributed by atoms with E-state index in [0.717, 1.165) is 15.7 Å². The van der Waals surface area contributed by atoms with Gasteiger partial charge in [0.15, 0.2) is 0 Å². The third-order valence-electron chi connectivity index (χ3n) is 2.92. The molecule has 22 heavy (non-hydrogen) atoms. The van der Waals surface area contributed by atoms with Gasteiger partial charge in [-0.1, -0.05) is 0 Å². The van der Waals surface area contributed by atoms with Gasteiger partial charge in [-0.3, -0.25) is 4.72 Å². The van der Waals surface area contributed by atoms with E-state index in [0.29, 0.717) is 11.3 Å². The van der Waals surface area contributed by atoms with Gasteiger partial charge in [0.2, 0.25) is 0 Å². The highest BCUT2D eigenvalue weighted by Crippen LogP contribution is 2.20. The fourth-order valence-corrected chi connectivity index (χ4v) is 2.27. The Bertz CT molecular complexity index is 776. The lowest BCUT2D eigenvalue weighted by atomic mass is 10.2. The van der Waals surface area contributed by atoms with Gasteiger partial charge in [-0.25, -0.2) is 0 Å². The molecule has 0 amide bonds. The third kappa shape index (κ3) is 3.97. The summed E-state index contributed by atoms with van der Waals surface area (Å²) in [6.45, 7) is 0. The number of rotatable bonds is 5. The van der Waals surface area contributed by atoms with Gasteiger partial charge in [-0.2, -0.15) is 18.0 Å². The number of anilines is 3. The van der Waals surface area contributed by atoms with Crippen molar-refractivity contribution in [2.75, 3.05) is 24.1 Å². The zero-order chi connectivity index (χ0) is 16.2. The van der Waals surface area contributed by atoms with Crippen molar-refractivity contribution in [2.24, 2.45) is 0 Å². The lowest BCUT2D eigenvalue weighted by Crippen LogP contribution is -2.28. The number of benzene rings is 2. The fraction of sp³-hybridized carbons (Fsp3) is 0.133. The number of nitrogens with one attached hydrogen (secondary N) is 2. The van der Waals surface area contributed by atoms with Crippen molar-refractivity contribution in [3.8, 4) is 6.07 Å². The van der Waals surface area contributed by atoms with Crippen LogP contribution in [-0.4, -0.2) is 26.8 Å². The Morgan fingerprint density at radius 1 is 0.909 bits per heavy atom. The quantitative estimate of drug-likeness (QED) is 0.887.